The first-order valence-electron chi connectivity index (χ1n) is 6.15. The van der Waals surface area contributed by atoms with Gasteiger partial charge in [0.1, 0.15) is 0 Å². The monoisotopic (exact) mass is 263 g/mol. The topological polar surface area (TPSA) is 12.9 Å². The summed E-state index contributed by atoms with van der Waals surface area (Å²) in [5, 5.41) is 3.43. The fourth-order valence-corrected chi connectivity index (χ4v) is 2.66. The summed E-state index contributed by atoms with van der Waals surface area (Å²) >= 11 is 1.78. The van der Waals surface area contributed by atoms with E-state index >= 15 is 0 Å². The van der Waals surface area contributed by atoms with Crippen LogP contribution < -0.4 is 0 Å². The van der Waals surface area contributed by atoms with Crippen molar-refractivity contribution in [2.45, 2.75) is 0 Å². The quantitative estimate of drug-likeness (QED) is 0.604. The van der Waals surface area contributed by atoms with Crippen LogP contribution >= 0.6 is 11.3 Å². The fourth-order valence-electron chi connectivity index (χ4n) is 1.88. The van der Waals surface area contributed by atoms with Crippen LogP contribution in [-0.2, 0) is 0 Å². The molecule has 0 atom stereocenters. The lowest BCUT2D eigenvalue weighted by Gasteiger charge is -1.93. The second kappa shape index (κ2) is 5.63. The number of hydrogen-bond donors (Lipinski definition) is 0. The number of rotatable bonds is 3. The Labute approximate surface area is 116 Å². The van der Waals surface area contributed by atoms with Gasteiger partial charge in [-0.3, -0.25) is 4.98 Å². The van der Waals surface area contributed by atoms with Gasteiger partial charge < -0.3 is 0 Å². The second-order valence-corrected chi connectivity index (χ2v) is 5.14. The maximum absolute atomic E-state index is 4.24. The zero-order valence-electron chi connectivity index (χ0n) is 10.4. The zero-order valence-corrected chi connectivity index (χ0v) is 11.2. The summed E-state index contributed by atoms with van der Waals surface area (Å²) in [4.78, 5) is 4.24. The minimum atomic E-state index is 0.973. The highest BCUT2D eigenvalue weighted by atomic mass is 32.1. The van der Waals surface area contributed by atoms with Crippen LogP contribution in [0.5, 0.6) is 0 Å². The van der Waals surface area contributed by atoms with E-state index in [0.29, 0.717) is 0 Å². The summed E-state index contributed by atoms with van der Waals surface area (Å²) in [7, 11) is 0. The Hall–Kier alpha value is -2.19. The molecule has 1 aromatic carbocycles. The van der Waals surface area contributed by atoms with Crippen molar-refractivity contribution in [2.24, 2.45) is 0 Å². The van der Waals surface area contributed by atoms with E-state index in [1.807, 2.05) is 36.4 Å². The molecule has 0 aliphatic carbocycles. The van der Waals surface area contributed by atoms with Crippen molar-refractivity contribution in [3.05, 3.63) is 77.5 Å². The molecule has 2 heteroatoms. The molecule has 92 valence electrons. The summed E-state index contributed by atoms with van der Waals surface area (Å²) < 4.78 is 1.33. The van der Waals surface area contributed by atoms with Gasteiger partial charge in [-0.2, -0.15) is 0 Å². The lowest BCUT2D eigenvalue weighted by atomic mass is 10.1. The highest BCUT2D eigenvalue weighted by Crippen LogP contribution is 2.22. The third-order valence-corrected chi connectivity index (χ3v) is 3.73. The summed E-state index contributed by atoms with van der Waals surface area (Å²) in [6.45, 7) is 0. The molecule has 2 aromatic heterocycles. The summed E-state index contributed by atoms with van der Waals surface area (Å²) in [5.41, 5.74) is 2.19. The van der Waals surface area contributed by atoms with Crippen LogP contribution in [-0.4, -0.2) is 4.98 Å². The molecule has 0 bridgehead atoms. The van der Waals surface area contributed by atoms with Crippen molar-refractivity contribution < 1.29 is 0 Å². The van der Waals surface area contributed by atoms with E-state index in [2.05, 4.69) is 40.7 Å². The number of aromatic nitrogens is 1. The highest BCUT2D eigenvalue weighted by molar-refractivity contribution is 7.17. The SMILES string of the molecule is C(C=Cc1ccccn1)=Cc1ccc2sccc2c1. The van der Waals surface area contributed by atoms with Gasteiger partial charge in [0, 0.05) is 10.9 Å². The van der Waals surface area contributed by atoms with Gasteiger partial charge >= 0.3 is 0 Å². The standard InChI is InChI=1S/C17H13NS/c1(2-6-16-7-3-4-11-18-16)5-14-8-9-17-15(13-14)10-12-19-17/h1-13H. The van der Waals surface area contributed by atoms with E-state index in [1.54, 1.807) is 17.5 Å². The van der Waals surface area contributed by atoms with Gasteiger partial charge in [0.25, 0.3) is 0 Å². The molecular weight excluding hydrogens is 250 g/mol. The molecule has 2 heterocycles. The molecule has 3 aromatic rings. The summed E-state index contributed by atoms with van der Waals surface area (Å²) in [6.07, 6.45) is 9.96. The Balaban J connectivity index is 1.73. The molecule has 0 fully saturated rings. The van der Waals surface area contributed by atoms with Crippen molar-refractivity contribution in [3.63, 3.8) is 0 Å². The Morgan fingerprint density at radius 2 is 1.89 bits per heavy atom. The van der Waals surface area contributed by atoms with E-state index in [9.17, 15) is 0 Å². The number of pyridine rings is 1. The minimum Gasteiger partial charge on any atom is -0.257 e. The average Bonchev–Trinajstić information content (AvgIpc) is 2.92. The maximum atomic E-state index is 4.24. The van der Waals surface area contributed by atoms with Crippen LogP contribution in [0.3, 0.4) is 0 Å². The van der Waals surface area contributed by atoms with Crippen LogP contribution in [0.25, 0.3) is 22.2 Å². The number of thiophene rings is 1. The third kappa shape index (κ3) is 2.98. The molecular formula is C17H13NS. The molecule has 0 aliphatic rings. The zero-order chi connectivity index (χ0) is 12.9. The van der Waals surface area contributed by atoms with E-state index in [1.165, 1.54) is 15.6 Å². The number of hydrogen-bond acceptors (Lipinski definition) is 2. The number of fused-ring (bicyclic) bond motifs is 1. The van der Waals surface area contributed by atoms with Crippen LogP contribution in [0.15, 0.2) is 66.2 Å². The molecule has 0 spiro atoms. The van der Waals surface area contributed by atoms with E-state index in [-0.39, 0.29) is 0 Å². The van der Waals surface area contributed by atoms with E-state index in [0.717, 1.165) is 5.69 Å². The molecule has 0 saturated carbocycles. The van der Waals surface area contributed by atoms with Crippen molar-refractivity contribution in [1.82, 2.24) is 4.98 Å². The number of nitrogens with zero attached hydrogens (tertiary/aromatic N) is 1. The van der Waals surface area contributed by atoms with Gasteiger partial charge in [0.05, 0.1) is 5.69 Å². The van der Waals surface area contributed by atoms with Crippen LogP contribution in [0.2, 0.25) is 0 Å². The van der Waals surface area contributed by atoms with Crippen LogP contribution in [0, 0.1) is 0 Å². The maximum Gasteiger partial charge on any atom is 0.0629 e. The van der Waals surface area contributed by atoms with Crippen LogP contribution in [0.1, 0.15) is 11.3 Å². The minimum absolute atomic E-state index is 0.973. The summed E-state index contributed by atoms with van der Waals surface area (Å²) in [6, 6.07) is 14.6. The van der Waals surface area contributed by atoms with Crippen molar-refractivity contribution in [3.8, 4) is 0 Å². The predicted octanol–water partition coefficient (Wildman–Crippen LogP) is 5.02. The van der Waals surface area contributed by atoms with Gasteiger partial charge in [0.15, 0.2) is 0 Å². The normalized spacial score (nSPS) is 11.8. The molecule has 3 rings (SSSR count). The molecule has 1 nitrogen and oxygen atoms in total. The molecule has 0 amide bonds. The van der Waals surface area contributed by atoms with E-state index < -0.39 is 0 Å². The van der Waals surface area contributed by atoms with Gasteiger partial charge in [-0.05, 0) is 52.7 Å². The first-order chi connectivity index (χ1) is 9.42. The predicted molar refractivity (Wildman–Crippen MR) is 84.1 cm³/mol. The number of benzene rings is 1. The Morgan fingerprint density at radius 3 is 2.79 bits per heavy atom. The second-order valence-electron chi connectivity index (χ2n) is 4.19. The van der Waals surface area contributed by atoms with Crippen molar-refractivity contribution >= 4 is 33.6 Å². The fraction of sp³-hybridized carbons (Fsp3) is 0. The van der Waals surface area contributed by atoms with Gasteiger partial charge in [0.2, 0.25) is 0 Å². The van der Waals surface area contributed by atoms with Gasteiger partial charge in [-0.25, -0.2) is 0 Å². The van der Waals surface area contributed by atoms with E-state index in [4.69, 9.17) is 0 Å². The Morgan fingerprint density at radius 1 is 0.947 bits per heavy atom. The highest BCUT2D eigenvalue weighted by Gasteiger charge is 1.94. The third-order valence-electron chi connectivity index (χ3n) is 2.83. The molecule has 0 N–H and O–H groups in total. The van der Waals surface area contributed by atoms with Crippen molar-refractivity contribution in [2.75, 3.05) is 0 Å². The van der Waals surface area contributed by atoms with Crippen molar-refractivity contribution in [1.29, 1.82) is 0 Å². The largest absolute Gasteiger partial charge is 0.257 e. The van der Waals surface area contributed by atoms with Gasteiger partial charge in [-0.1, -0.05) is 30.4 Å². The van der Waals surface area contributed by atoms with Gasteiger partial charge in [-0.15, -0.1) is 11.3 Å². The first-order valence-corrected chi connectivity index (χ1v) is 7.03. The lowest BCUT2D eigenvalue weighted by Crippen LogP contribution is -1.75. The van der Waals surface area contributed by atoms with Crippen LogP contribution in [0.4, 0.5) is 0 Å². The molecule has 0 aliphatic heterocycles. The molecule has 0 radical (unpaired) electrons. The molecule has 19 heavy (non-hydrogen) atoms. The Kier molecular flexibility index (Phi) is 3.52. The average molecular weight is 263 g/mol. The number of allylic oxidation sites excluding steroid dienone is 2. The molecule has 0 saturated heterocycles. The lowest BCUT2D eigenvalue weighted by molar-refractivity contribution is 1.30. The first kappa shape index (κ1) is 11.9. The smallest absolute Gasteiger partial charge is 0.0629 e. The summed E-state index contributed by atoms with van der Waals surface area (Å²) in [5.74, 6) is 0. The Bertz CT molecular complexity index is 723. The molecule has 0 unspecified atom stereocenters.